The molecule has 1 aliphatic heterocycles. The molecule has 0 aliphatic carbocycles. The molecule has 0 radical (unpaired) electrons. The van der Waals surface area contributed by atoms with Crippen LogP contribution in [0.1, 0.15) is 23.8 Å². The van der Waals surface area contributed by atoms with Crippen molar-refractivity contribution in [1.82, 2.24) is 10.3 Å². The summed E-state index contributed by atoms with van der Waals surface area (Å²) in [6.07, 6.45) is 2.13. The molecular formula is C12H15N3O3. The second kappa shape index (κ2) is 5.03. The van der Waals surface area contributed by atoms with Crippen LogP contribution in [0.15, 0.2) is 18.3 Å². The number of carboxylic acids is 1. The molecule has 1 aromatic heterocycles. The first-order chi connectivity index (χ1) is 8.63. The molecule has 1 unspecified atom stereocenters. The van der Waals surface area contributed by atoms with Crippen LogP contribution in [0.3, 0.4) is 0 Å². The van der Waals surface area contributed by atoms with Crippen LogP contribution in [-0.2, 0) is 4.79 Å². The summed E-state index contributed by atoms with van der Waals surface area (Å²) in [5.74, 6) is -1.08. The Kier molecular flexibility index (Phi) is 3.45. The van der Waals surface area contributed by atoms with Gasteiger partial charge in [0, 0.05) is 25.0 Å². The number of aromatic nitrogens is 1. The first kappa shape index (κ1) is 12.3. The predicted molar refractivity (Wildman–Crippen MR) is 65.6 cm³/mol. The van der Waals surface area contributed by atoms with Crippen molar-refractivity contribution >= 4 is 17.6 Å². The molecule has 2 N–H and O–H groups in total. The van der Waals surface area contributed by atoms with Crippen LogP contribution in [-0.4, -0.2) is 41.1 Å². The van der Waals surface area contributed by atoms with Crippen molar-refractivity contribution in [3.63, 3.8) is 0 Å². The normalized spacial score (nSPS) is 19.5. The van der Waals surface area contributed by atoms with Gasteiger partial charge in [-0.15, -0.1) is 0 Å². The van der Waals surface area contributed by atoms with E-state index >= 15 is 0 Å². The van der Waals surface area contributed by atoms with Gasteiger partial charge in [-0.3, -0.25) is 4.79 Å². The summed E-state index contributed by atoms with van der Waals surface area (Å²) in [6.45, 7) is 3.18. The van der Waals surface area contributed by atoms with Crippen molar-refractivity contribution in [2.75, 3.05) is 18.0 Å². The van der Waals surface area contributed by atoms with Crippen LogP contribution >= 0.6 is 0 Å². The number of carbonyl (C=O) groups excluding carboxylic acids is 1. The molecule has 2 heterocycles. The second-order valence-electron chi connectivity index (χ2n) is 4.11. The number of aromatic carboxylic acids is 1. The second-order valence-corrected chi connectivity index (χ2v) is 4.11. The zero-order chi connectivity index (χ0) is 13.1. The van der Waals surface area contributed by atoms with E-state index in [1.54, 1.807) is 6.07 Å². The van der Waals surface area contributed by atoms with Gasteiger partial charge in [-0.2, -0.15) is 0 Å². The minimum atomic E-state index is -1.06. The molecule has 0 aromatic carbocycles. The molecule has 6 nitrogen and oxygen atoms in total. The van der Waals surface area contributed by atoms with Crippen LogP contribution in [0.25, 0.3) is 0 Å². The number of carbonyl (C=O) groups is 2. The summed E-state index contributed by atoms with van der Waals surface area (Å²) in [5, 5.41) is 11.7. The van der Waals surface area contributed by atoms with Crippen molar-refractivity contribution in [1.29, 1.82) is 0 Å². The van der Waals surface area contributed by atoms with Crippen molar-refractivity contribution in [3.05, 3.63) is 24.0 Å². The fourth-order valence-corrected chi connectivity index (χ4v) is 2.14. The smallest absolute Gasteiger partial charge is 0.354 e. The SMILES string of the molecule is CCC1C(=O)NCCN1c1ccnc(C(=O)O)c1. The van der Waals surface area contributed by atoms with Crippen molar-refractivity contribution < 1.29 is 14.7 Å². The van der Waals surface area contributed by atoms with Gasteiger partial charge in [0.25, 0.3) is 0 Å². The molecule has 1 amide bonds. The summed E-state index contributed by atoms with van der Waals surface area (Å²) in [5.41, 5.74) is 0.720. The number of amides is 1. The third-order valence-corrected chi connectivity index (χ3v) is 3.01. The highest BCUT2D eigenvalue weighted by Crippen LogP contribution is 2.20. The lowest BCUT2D eigenvalue weighted by Crippen LogP contribution is -2.55. The molecule has 1 aromatic rings. The molecule has 1 fully saturated rings. The Hall–Kier alpha value is -2.11. The molecule has 6 heteroatoms. The Balaban J connectivity index is 2.31. The predicted octanol–water partition coefficient (Wildman–Crippen LogP) is 0.495. The van der Waals surface area contributed by atoms with E-state index in [1.165, 1.54) is 12.3 Å². The molecule has 96 valence electrons. The van der Waals surface area contributed by atoms with E-state index in [9.17, 15) is 9.59 Å². The third-order valence-electron chi connectivity index (χ3n) is 3.01. The van der Waals surface area contributed by atoms with Gasteiger partial charge in [-0.05, 0) is 18.6 Å². The van der Waals surface area contributed by atoms with Crippen molar-refractivity contribution in [2.24, 2.45) is 0 Å². The maximum atomic E-state index is 11.7. The first-order valence-electron chi connectivity index (χ1n) is 5.87. The van der Waals surface area contributed by atoms with Gasteiger partial charge in [0.05, 0.1) is 0 Å². The Morgan fingerprint density at radius 3 is 3.11 bits per heavy atom. The molecule has 1 atom stereocenters. The van der Waals surface area contributed by atoms with Crippen LogP contribution in [0.2, 0.25) is 0 Å². The summed E-state index contributed by atoms with van der Waals surface area (Å²) < 4.78 is 0. The standard InChI is InChI=1S/C12H15N3O3/c1-2-10-11(16)14-5-6-15(10)8-3-4-13-9(7-8)12(17)18/h3-4,7,10H,2,5-6H2,1H3,(H,14,16)(H,17,18). The monoisotopic (exact) mass is 249 g/mol. The zero-order valence-electron chi connectivity index (χ0n) is 10.1. The highest BCUT2D eigenvalue weighted by Gasteiger charge is 2.28. The minimum absolute atomic E-state index is 0.00617. The summed E-state index contributed by atoms with van der Waals surface area (Å²) in [7, 11) is 0. The Morgan fingerprint density at radius 1 is 1.67 bits per heavy atom. The average molecular weight is 249 g/mol. The van der Waals surface area contributed by atoms with Gasteiger partial charge < -0.3 is 15.3 Å². The fraction of sp³-hybridized carbons (Fsp3) is 0.417. The van der Waals surface area contributed by atoms with Gasteiger partial charge in [-0.1, -0.05) is 6.92 Å². The van der Waals surface area contributed by atoms with E-state index in [1.807, 2.05) is 11.8 Å². The lowest BCUT2D eigenvalue weighted by Gasteiger charge is -2.36. The zero-order valence-corrected chi connectivity index (χ0v) is 10.1. The molecule has 0 spiro atoms. The number of hydrogen-bond acceptors (Lipinski definition) is 4. The van der Waals surface area contributed by atoms with Crippen LogP contribution in [0, 0.1) is 0 Å². The van der Waals surface area contributed by atoms with Gasteiger partial charge >= 0.3 is 5.97 Å². The van der Waals surface area contributed by atoms with Crippen LogP contribution < -0.4 is 10.2 Å². The molecule has 2 rings (SSSR count). The number of carboxylic acid groups (broad SMARTS) is 1. The average Bonchev–Trinajstić information content (AvgIpc) is 2.38. The maximum Gasteiger partial charge on any atom is 0.354 e. The maximum absolute atomic E-state index is 11.7. The number of piperazine rings is 1. The molecule has 1 aliphatic rings. The number of nitrogens with one attached hydrogen (secondary N) is 1. The molecule has 0 saturated carbocycles. The van der Waals surface area contributed by atoms with E-state index in [2.05, 4.69) is 10.3 Å². The van der Waals surface area contributed by atoms with Crippen molar-refractivity contribution in [2.45, 2.75) is 19.4 Å². The Bertz CT molecular complexity index is 475. The number of rotatable bonds is 3. The van der Waals surface area contributed by atoms with Crippen LogP contribution in [0.4, 0.5) is 5.69 Å². The number of hydrogen-bond donors (Lipinski definition) is 2. The summed E-state index contributed by atoms with van der Waals surface area (Å²) in [4.78, 5) is 28.3. The molecule has 0 bridgehead atoms. The van der Waals surface area contributed by atoms with E-state index in [0.29, 0.717) is 19.5 Å². The van der Waals surface area contributed by atoms with Gasteiger partial charge in [0.2, 0.25) is 5.91 Å². The first-order valence-corrected chi connectivity index (χ1v) is 5.87. The third kappa shape index (κ3) is 2.27. The van der Waals surface area contributed by atoms with Gasteiger partial charge in [-0.25, -0.2) is 9.78 Å². The summed E-state index contributed by atoms with van der Waals surface area (Å²) in [6, 6.07) is 2.99. The lowest BCUT2D eigenvalue weighted by molar-refractivity contribution is -0.123. The van der Waals surface area contributed by atoms with E-state index < -0.39 is 5.97 Å². The van der Waals surface area contributed by atoms with E-state index in [0.717, 1.165) is 5.69 Å². The molecule has 1 saturated heterocycles. The number of pyridine rings is 1. The number of anilines is 1. The molecule has 18 heavy (non-hydrogen) atoms. The Morgan fingerprint density at radius 2 is 2.44 bits per heavy atom. The number of nitrogens with zero attached hydrogens (tertiary/aromatic N) is 2. The quantitative estimate of drug-likeness (QED) is 0.815. The van der Waals surface area contributed by atoms with Crippen molar-refractivity contribution in [3.8, 4) is 0 Å². The highest BCUT2D eigenvalue weighted by atomic mass is 16.4. The van der Waals surface area contributed by atoms with Crippen LogP contribution in [0.5, 0.6) is 0 Å². The largest absolute Gasteiger partial charge is 0.477 e. The fourth-order valence-electron chi connectivity index (χ4n) is 2.14. The van der Waals surface area contributed by atoms with E-state index in [4.69, 9.17) is 5.11 Å². The van der Waals surface area contributed by atoms with Gasteiger partial charge in [0.15, 0.2) is 0 Å². The lowest BCUT2D eigenvalue weighted by atomic mass is 10.1. The molecular weight excluding hydrogens is 234 g/mol. The van der Waals surface area contributed by atoms with Gasteiger partial charge in [0.1, 0.15) is 11.7 Å². The highest BCUT2D eigenvalue weighted by molar-refractivity contribution is 5.89. The Labute approximate surface area is 105 Å². The topological polar surface area (TPSA) is 82.5 Å². The van der Waals surface area contributed by atoms with E-state index in [-0.39, 0.29) is 17.6 Å². The minimum Gasteiger partial charge on any atom is -0.477 e. The summed E-state index contributed by atoms with van der Waals surface area (Å²) >= 11 is 0.